The van der Waals surface area contributed by atoms with Gasteiger partial charge in [0.25, 0.3) is 0 Å². The van der Waals surface area contributed by atoms with E-state index in [9.17, 15) is 0 Å². The SMILES string of the molecule is CNC1c2ccc(OC)cc2CCC1OCCCC(C)C. The average molecular weight is 291 g/mol. The number of hydrogen-bond acceptors (Lipinski definition) is 3. The summed E-state index contributed by atoms with van der Waals surface area (Å²) in [6.07, 6.45) is 4.82. The first-order valence-corrected chi connectivity index (χ1v) is 8.11. The highest BCUT2D eigenvalue weighted by Crippen LogP contribution is 2.33. The van der Waals surface area contributed by atoms with Crippen LogP contribution in [0.1, 0.15) is 50.3 Å². The molecule has 0 saturated carbocycles. The fourth-order valence-corrected chi connectivity index (χ4v) is 3.14. The third-order valence-corrected chi connectivity index (χ3v) is 4.32. The van der Waals surface area contributed by atoms with Crippen molar-refractivity contribution < 1.29 is 9.47 Å². The first-order chi connectivity index (χ1) is 10.2. The van der Waals surface area contributed by atoms with Crippen LogP contribution in [0.4, 0.5) is 0 Å². The number of likely N-dealkylation sites (N-methyl/N-ethyl adjacent to an activating group) is 1. The molecule has 3 nitrogen and oxygen atoms in total. The molecular formula is C18H29NO2. The summed E-state index contributed by atoms with van der Waals surface area (Å²) < 4.78 is 11.5. The second-order valence-electron chi connectivity index (χ2n) is 6.32. The predicted molar refractivity (Wildman–Crippen MR) is 86.9 cm³/mol. The van der Waals surface area contributed by atoms with Gasteiger partial charge in [0, 0.05) is 6.61 Å². The lowest BCUT2D eigenvalue weighted by atomic mass is 9.85. The van der Waals surface area contributed by atoms with Crippen molar-refractivity contribution in [3.8, 4) is 5.75 Å². The summed E-state index contributed by atoms with van der Waals surface area (Å²) >= 11 is 0. The summed E-state index contributed by atoms with van der Waals surface area (Å²) in [6, 6.07) is 6.68. The summed E-state index contributed by atoms with van der Waals surface area (Å²) in [6.45, 7) is 5.40. The van der Waals surface area contributed by atoms with E-state index in [1.807, 2.05) is 13.1 Å². The Bertz CT molecular complexity index is 445. The van der Waals surface area contributed by atoms with Gasteiger partial charge in [-0.15, -0.1) is 0 Å². The van der Waals surface area contributed by atoms with E-state index in [0.717, 1.165) is 37.5 Å². The highest BCUT2D eigenvalue weighted by molar-refractivity contribution is 5.39. The van der Waals surface area contributed by atoms with E-state index in [4.69, 9.17) is 9.47 Å². The van der Waals surface area contributed by atoms with Crippen molar-refractivity contribution in [2.75, 3.05) is 20.8 Å². The van der Waals surface area contributed by atoms with Crippen LogP contribution in [0.15, 0.2) is 18.2 Å². The van der Waals surface area contributed by atoms with E-state index in [1.54, 1.807) is 7.11 Å². The molecule has 1 aromatic carbocycles. The van der Waals surface area contributed by atoms with Gasteiger partial charge in [-0.2, -0.15) is 0 Å². The monoisotopic (exact) mass is 291 g/mol. The fourth-order valence-electron chi connectivity index (χ4n) is 3.14. The molecule has 21 heavy (non-hydrogen) atoms. The van der Waals surface area contributed by atoms with Crippen LogP contribution in [0, 0.1) is 5.92 Å². The van der Waals surface area contributed by atoms with Gasteiger partial charge in [0.1, 0.15) is 5.75 Å². The molecule has 3 heteroatoms. The van der Waals surface area contributed by atoms with Crippen molar-refractivity contribution >= 4 is 0 Å². The number of rotatable bonds is 7. The summed E-state index contributed by atoms with van der Waals surface area (Å²) in [4.78, 5) is 0. The maximum Gasteiger partial charge on any atom is 0.119 e. The summed E-state index contributed by atoms with van der Waals surface area (Å²) in [7, 11) is 3.75. The van der Waals surface area contributed by atoms with Crippen LogP contribution in [-0.2, 0) is 11.2 Å². The Kier molecular flexibility index (Phi) is 6.07. The lowest BCUT2D eigenvalue weighted by Crippen LogP contribution is -2.36. The minimum absolute atomic E-state index is 0.281. The van der Waals surface area contributed by atoms with Crippen molar-refractivity contribution in [3.63, 3.8) is 0 Å². The predicted octanol–water partition coefficient (Wildman–Crippen LogP) is 3.72. The molecule has 1 N–H and O–H groups in total. The van der Waals surface area contributed by atoms with Gasteiger partial charge < -0.3 is 14.8 Å². The van der Waals surface area contributed by atoms with Gasteiger partial charge in [0.15, 0.2) is 0 Å². The molecule has 1 aliphatic rings. The minimum atomic E-state index is 0.281. The molecule has 2 rings (SSSR count). The van der Waals surface area contributed by atoms with Gasteiger partial charge in [-0.25, -0.2) is 0 Å². The quantitative estimate of drug-likeness (QED) is 0.777. The minimum Gasteiger partial charge on any atom is -0.497 e. The number of hydrogen-bond donors (Lipinski definition) is 1. The van der Waals surface area contributed by atoms with Crippen molar-refractivity contribution in [2.45, 2.75) is 51.7 Å². The zero-order chi connectivity index (χ0) is 15.2. The molecule has 0 bridgehead atoms. The largest absolute Gasteiger partial charge is 0.497 e. The van der Waals surface area contributed by atoms with E-state index in [2.05, 4.69) is 31.3 Å². The first-order valence-electron chi connectivity index (χ1n) is 8.11. The molecule has 1 aliphatic carbocycles. The van der Waals surface area contributed by atoms with Crippen LogP contribution in [0.25, 0.3) is 0 Å². The lowest BCUT2D eigenvalue weighted by Gasteiger charge is -2.33. The van der Waals surface area contributed by atoms with Gasteiger partial charge in [0.05, 0.1) is 19.3 Å². The Balaban J connectivity index is 1.99. The number of fused-ring (bicyclic) bond motifs is 1. The van der Waals surface area contributed by atoms with Gasteiger partial charge in [-0.3, -0.25) is 0 Å². The van der Waals surface area contributed by atoms with E-state index in [1.165, 1.54) is 17.5 Å². The van der Waals surface area contributed by atoms with E-state index in [-0.39, 0.29) is 6.10 Å². The third kappa shape index (κ3) is 4.21. The Morgan fingerprint density at radius 2 is 2.14 bits per heavy atom. The van der Waals surface area contributed by atoms with Crippen LogP contribution in [-0.4, -0.2) is 26.9 Å². The highest BCUT2D eigenvalue weighted by Gasteiger charge is 2.29. The molecular weight excluding hydrogens is 262 g/mol. The molecule has 0 spiro atoms. The summed E-state index contributed by atoms with van der Waals surface area (Å²) in [5.41, 5.74) is 2.74. The van der Waals surface area contributed by atoms with Crippen molar-refractivity contribution in [3.05, 3.63) is 29.3 Å². The van der Waals surface area contributed by atoms with Crippen LogP contribution < -0.4 is 10.1 Å². The van der Waals surface area contributed by atoms with Crippen molar-refractivity contribution in [1.29, 1.82) is 0 Å². The molecule has 118 valence electrons. The molecule has 0 aromatic heterocycles. The maximum atomic E-state index is 6.16. The molecule has 0 fully saturated rings. The topological polar surface area (TPSA) is 30.5 Å². The van der Waals surface area contributed by atoms with E-state index >= 15 is 0 Å². The van der Waals surface area contributed by atoms with E-state index in [0.29, 0.717) is 6.04 Å². The van der Waals surface area contributed by atoms with Gasteiger partial charge in [0.2, 0.25) is 0 Å². The number of benzene rings is 1. The maximum absolute atomic E-state index is 6.16. The Hall–Kier alpha value is -1.06. The second kappa shape index (κ2) is 7.81. The first kappa shape index (κ1) is 16.3. The smallest absolute Gasteiger partial charge is 0.119 e. The van der Waals surface area contributed by atoms with Crippen LogP contribution in [0.3, 0.4) is 0 Å². The Morgan fingerprint density at radius 1 is 1.33 bits per heavy atom. The number of methoxy groups -OCH3 is 1. The van der Waals surface area contributed by atoms with Gasteiger partial charge in [-0.1, -0.05) is 19.9 Å². The molecule has 2 unspecified atom stereocenters. The van der Waals surface area contributed by atoms with Crippen LogP contribution in [0.2, 0.25) is 0 Å². The van der Waals surface area contributed by atoms with Crippen molar-refractivity contribution in [2.24, 2.45) is 5.92 Å². The van der Waals surface area contributed by atoms with E-state index < -0.39 is 0 Å². The zero-order valence-electron chi connectivity index (χ0n) is 13.8. The Labute approximate surface area is 129 Å². The number of ether oxygens (including phenoxy) is 2. The van der Waals surface area contributed by atoms with Gasteiger partial charge in [-0.05, 0) is 61.9 Å². The van der Waals surface area contributed by atoms with Gasteiger partial charge >= 0.3 is 0 Å². The van der Waals surface area contributed by atoms with Crippen LogP contribution >= 0.6 is 0 Å². The number of aryl methyl sites for hydroxylation is 1. The molecule has 1 aromatic rings. The second-order valence-corrected chi connectivity index (χ2v) is 6.32. The third-order valence-electron chi connectivity index (χ3n) is 4.32. The summed E-state index contributed by atoms with van der Waals surface area (Å²) in [5, 5.41) is 3.43. The van der Waals surface area contributed by atoms with Crippen molar-refractivity contribution in [1.82, 2.24) is 5.32 Å². The molecule has 0 saturated heterocycles. The molecule has 0 amide bonds. The average Bonchev–Trinajstić information content (AvgIpc) is 2.50. The molecule has 0 radical (unpaired) electrons. The normalized spacial score (nSPS) is 21.4. The van der Waals surface area contributed by atoms with Crippen LogP contribution in [0.5, 0.6) is 5.75 Å². The zero-order valence-corrected chi connectivity index (χ0v) is 13.8. The summed E-state index contributed by atoms with van der Waals surface area (Å²) in [5.74, 6) is 1.70. The molecule has 2 atom stereocenters. The number of nitrogens with one attached hydrogen (secondary N) is 1. The molecule has 0 aliphatic heterocycles. The lowest BCUT2D eigenvalue weighted by molar-refractivity contribution is 0.0146. The Morgan fingerprint density at radius 3 is 2.81 bits per heavy atom. The molecule has 0 heterocycles. The highest BCUT2D eigenvalue weighted by atomic mass is 16.5. The fraction of sp³-hybridized carbons (Fsp3) is 0.667. The standard InChI is InChI=1S/C18H29NO2/c1-13(2)6-5-11-21-17-10-7-14-12-15(20-4)8-9-16(14)18(17)19-3/h8-9,12-13,17-19H,5-7,10-11H2,1-4H3.